The van der Waals surface area contributed by atoms with Gasteiger partial charge in [0.25, 0.3) is 5.91 Å². The van der Waals surface area contributed by atoms with Crippen molar-refractivity contribution < 1.29 is 33.4 Å². The molecule has 0 unspecified atom stereocenters. The number of amides is 5. The Hall–Kier alpha value is -6.06. The van der Waals surface area contributed by atoms with Gasteiger partial charge in [0.05, 0.1) is 42.5 Å². The molecule has 0 saturated carbocycles. The molecule has 2 aliphatic rings. The van der Waals surface area contributed by atoms with Crippen LogP contribution in [0.1, 0.15) is 83.2 Å². The summed E-state index contributed by atoms with van der Waals surface area (Å²) in [6.45, 7) is 23.9. The average Bonchev–Trinajstić information content (AvgIpc) is 3.97. The Morgan fingerprint density at radius 3 is 2.28 bits per heavy atom. The SMILES string of the molecule is [C-]#[N+]c1ccc(N2C(=O)C(C)(C)N(c3ccc(CCCC(=O)NCCOCCOCC(=O)N[C@H](C(=O)N4C[C@H](C)C[C@H]4C(=O)NCc4ccc(-c5scnc5C)cc4)C(C)(C)C)cc3)C2=S)cc1C. The molecule has 3 atom stereocenters. The number of nitrogens with one attached hydrogen (secondary N) is 3. The maximum Gasteiger partial charge on any atom is 0.259 e. The molecule has 3 N–H and O–H groups in total. The highest BCUT2D eigenvalue weighted by molar-refractivity contribution is 7.81. The lowest BCUT2D eigenvalue weighted by Gasteiger charge is -2.35. The molecule has 17 heteroatoms. The minimum atomic E-state index is -0.922. The van der Waals surface area contributed by atoms with Crippen LogP contribution in [0, 0.1) is 31.8 Å². The number of nitrogens with zero attached hydrogens (tertiary/aromatic N) is 5. The summed E-state index contributed by atoms with van der Waals surface area (Å²) in [7, 11) is 0. The van der Waals surface area contributed by atoms with Gasteiger partial charge in [-0.1, -0.05) is 70.2 Å². The number of anilines is 2. The minimum Gasteiger partial charge on any atom is -0.377 e. The third kappa shape index (κ3) is 13.0. The molecule has 3 aromatic carbocycles. The fourth-order valence-corrected chi connectivity index (χ4v) is 9.91. The highest BCUT2D eigenvalue weighted by atomic mass is 32.1. The van der Waals surface area contributed by atoms with Crippen molar-refractivity contribution in [1.82, 2.24) is 25.8 Å². The third-order valence-electron chi connectivity index (χ3n) is 12.4. The van der Waals surface area contributed by atoms with E-state index in [1.54, 1.807) is 28.4 Å². The van der Waals surface area contributed by atoms with E-state index >= 15 is 0 Å². The molecule has 0 spiro atoms. The number of carbonyl (C=O) groups excluding carboxylic acids is 5. The van der Waals surface area contributed by atoms with Gasteiger partial charge in [0, 0.05) is 37.4 Å². The summed E-state index contributed by atoms with van der Waals surface area (Å²) >= 11 is 7.41. The molecule has 69 heavy (non-hydrogen) atoms. The number of aryl methyl sites for hydroxylation is 3. The van der Waals surface area contributed by atoms with Crippen molar-refractivity contribution in [3.63, 3.8) is 0 Å². The Balaban J connectivity index is 0.856. The molecule has 2 aliphatic heterocycles. The van der Waals surface area contributed by atoms with Gasteiger partial charge in [-0.05, 0) is 117 Å². The molecule has 2 saturated heterocycles. The van der Waals surface area contributed by atoms with Gasteiger partial charge in [-0.2, -0.15) is 0 Å². The molecule has 3 heterocycles. The largest absolute Gasteiger partial charge is 0.377 e. The van der Waals surface area contributed by atoms with E-state index in [1.807, 2.05) is 120 Å². The van der Waals surface area contributed by atoms with E-state index in [-0.39, 0.29) is 56.0 Å². The number of rotatable bonds is 20. The van der Waals surface area contributed by atoms with E-state index < -0.39 is 28.9 Å². The quantitative estimate of drug-likeness (QED) is 0.0460. The Kier molecular flexibility index (Phi) is 17.5. The number of thiocarbonyl (C=S) groups is 1. The lowest BCUT2D eigenvalue weighted by molar-refractivity contribution is -0.144. The van der Waals surface area contributed by atoms with Crippen LogP contribution in [-0.2, 0) is 46.4 Å². The topological polar surface area (TPSA) is 167 Å². The standard InChI is InChI=1S/C52H64N8O7S2/c1-33-27-42(47(63)55-29-37-13-17-38(18-14-37)45-35(3)56-32-69-45)58(30-33)48(64)46(51(4,5)6)57-44(62)31-67-26-25-66-24-23-54-43(61)12-10-11-36-15-19-39(20-16-36)60-50(68)59(49(65)52(60,7)8)40-21-22-41(53-9)34(2)28-40/h13-22,28,32-33,42,46H,10-12,23-27,29-31H2,1-8H3,(H,54,61)(H,55,63)(H,57,62)/t33-,42+,46-/m1/s1. The zero-order valence-corrected chi connectivity index (χ0v) is 42.5. The normalized spacial score (nSPS) is 17.2. The fourth-order valence-electron chi connectivity index (χ4n) is 8.58. The molecule has 1 aromatic heterocycles. The van der Waals surface area contributed by atoms with E-state index in [0.717, 1.165) is 38.5 Å². The minimum absolute atomic E-state index is 0.0898. The molecule has 2 fully saturated rings. The first kappa shape index (κ1) is 52.3. The number of thiazole rings is 1. The lowest BCUT2D eigenvalue weighted by atomic mass is 9.85. The van der Waals surface area contributed by atoms with Gasteiger partial charge in [-0.15, -0.1) is 11.3 Å². The summed E-state index contributed by atoms with van der Waals surface area (Å²) in [5, 5.41) is 9.12. The van der Waals surface area contributed by atoms with Gasteiger partial charge in [0.1, 0.15) is 24.2 Å². The number of ether oxygens (including phenoxy) is 2. The van der Waals surface area contributed by atoms with E-state index in [4.69, 9.17) is 28.3 Å². The van der Waals surface area contributed by atoms with Crippen molar-refractivity contribution in [3.8, 4) is 10.4 Å². The first-order chi connectivity index (χ1) is 32.8. The van der Waals surface area contributed by atoms with Crippen LogP contribution >= 0.6 is 23.6 Å². The maximum atomic E-state index is 14.1. The van der Waals surface area contributed by atoms with E-state index in [9.17, 15) is 24.0 Å². The van der Waals surface area contributed by atoms with Crippen LogP contribution in [0.4, 0.5) is 17.1 Å². The Morgan fingerprint density at radius 2 is 1.62 bits per heavy atom. The highest BCUT2D eigenvalue weighted by Gasteiger charge is 2.50. The Labute approximate surface area is 415 Å². The van der Waals surface area contributed by atoms with Crippen molar-refractivity contribution in [2.24, 2.45) is 11.3 Å². The Morgan fingerprint density at radius 1 is 0.942 bits per heavy atom. The molecule has 366 valence electrons. The summed E-state index contributed by atoms with van der Waals surface area (Å²) in [5.41, 5.74) is 7.03. The van der Waals surface area contributed by atoms with Gasteiger partial charge in [0.15, 0.2) is 10.8 Å². The van der Waals surface area contributed by atoms with E-state index in [2.05, 4.69) is 25.8 Å². The second-order valence-corrected chi connectivity index (χ2v) is 20.6. The van der Waals surface area contributed by atoms with E-state index in [1.165, 1.54) is 4.90 Å². The van der Waals surface area contributed by atoms with Gasteiger partial charge in [-0.25, -0.2) is 9.83 Å². The van der Waals surface area contributed by atoms with Gasteiger partial charge in [0.2, 0.25) is 23.6 Å². The number of hydrogen-bond donors (Lipinski definition) is 3. The molecular weight excluding hydrogens is 913 g/mol. The molecule has 6 rings (SSSR count). The molecule has 0 radical (unpaired) electrons. The second kappa shape index (κ2) is 23.0. The van der Waals surface area contributed by atoms with Crippen molar-refractivity contribution >= 4 is 75.3 Å². The number of likely N-dealkylation sites (tertiary alicyclic amines) is 1. The molecule has 5 amide bonds. The van der Waals surface area contributed by atoms with Crippen molar-refractivity contribution in [2.75, 3.05) is 49.3 Å². The summed E-state index contributed by atoms with van der Waals surface area (Å²) in [6.07, 6.45) is 2.19. The number of aromatic nitrogens is 1. The van der Waals surface area contributed by atoms with Crippen LogP contribution < -0.4 is 25.8 Å². The molecule has 0 aliphatic carbocycles. The smallest absolute Gasteiger partial charge is 0.259 e. The molecular formula is C52H64N8O7S2. The van der Waals surface area contributed by atoms with Crippen LogP contribution in [-0.4, -0.2) is 102 Å². The number of benzene rings is 3. The second-order valence-electron chi connectivity index (χ2n) is 19.3. The Bertz CT molecular complexity index is 2550. The molecule has 15 nitrogen and oxygen atoms in total. The zero-order chi connectivity index (χ0) is 50.0. The van der Waals surface area contributed by atoms with Crippen LogP contribution in [0.5, 0.6) is 0 Å². The number of carbonyl (C=O) groups is 5. The van der Waals surface area contributed by atoms with Crippen LogP contribution in [0.25, 0.3) is 15.3 Å². The predicted octanol–water partition coefficient (Wildman–Crippen LogP) is 7.45. The highest BCUT2D eigenvalue weighted by Crippen LogP contribution is 2.38. The van der Waals surface area contributed by atoms with Gasteiger partial charge in [-0.3, -0.25) is 28.9 Å². The average molecular weight is 977 g/mol. The fraction of sp³-hybridized carbons (Fsp3) is 0.462. The summed E-state index contributed by atoms with van der Waals surface area (Å²) in [5.74, 6) is -1.11. The third-order valence-corrected chi connectivity index (χ3v) is 13.8. The monoisotopic (exact) mass is 976 g/mol. The van der Waals surface area contributed by atoms with Crippen molar-refractivity contribution in [3.05, 3.63) is 106 Å². The van der Waals surface area contributed by atoms with Crippen LogP contribution in [0.3, 0.4) is 0 Å². The summed E-state index contributed by atoms with van der Waals surface area (Å²) < 4.78 is 11.2. The first-order valence-corrected chi connectivity index (χ1v) is 24.6. The summed E-state index contributed by atoms with van der Waals surface area (Å²) in [6, 6.07) is 19.6. The predicted molar refractivity (Wildman–Crippen MR) is 273 cm³/mol. The van der Waals surface area contributed by atoms with Gasteiger partial charge < -0.3 is 35.2 Å². The maximum absolute atomic E-state index is 14.1. The van der Waals surface area contributed by atoms with Crippen molar-refractivity contribution in [2.45, 2.75) is 105 Å². The molecule has 0 bridgehead atoms. The number of hydrogen-bond acceptors (Lipinski definition) is 10. The first-order valence-electron chi connectivity index (χ1n) is 23.3. The molecule has 4 aromatic rings. The van der Waals surface area contributed by atoms with E-state index in [0.29, 0.717) is 61.8 Å². The zero-order valence-electron chi connectivity index (χ0n) is 40.8. The van der Waals surface area contributed by atoms with Gasteiger partial charge >= 0.3 is 0 Å². The van der Waals surface area contributed by atoms with Crippen molar-refractivity contribution in [1.29, 1.82) is 0 Å². The summed E-state index contributed by atoms with van der Waals surface area (Å²) in [4.78, 5) is 80.7. The van der Waals surface area contributed by atoms with Crippen LogP contribution in [0.15, 0.2) is 72.2 Å². The lowest BCUT2D eigenvalue weighted by Crippen LogP contribution is -2.58. The van der Waals surface area contributed by atoms with Crippen LogP contribution in [0.2, 0.25) is 0 Å².